The van der Waals surface area contributed by atoms with E-state index in [-0.39, 0.29) is 37.1 Å². The highest BCUT2D eigenvalue weighted by atomic mass is 16.6. The van der Waals surface area contributed by atoms with E-state index in [0.29, 0.717) is 19.4 Å². The molecule has 1 aromatic carbocycles. The van der Waals surface area contributed by atoms with Crippen molar-refractivity contribution in [3.63, 3.8) is 0 Å². The number of imide groups is 1. The van der Waals surface area contributed by atoms with E-state index in [1.54, 1.807) is 4.90 Å². The quantitative estimate of drug-likeness (QED) is 0.721. The summed E-state index contributed by atoms with van der Waals surface area (Å²) in [7, 11) is 0. The molecule has 3 rings (SSSR count). The Bertz CT molecular complexity index is 759. The average molecular weight is 417 g/mol. The molecule has 164 valence electrons. The van der Waals surface area contributed by atoms with Gasteiger partial charge in [0, 0.05) is 19.0 Å². The Balaban J connectivity index is 1.59. The summed E-state index contributed by atoms with van der Waals surface area (Å²) in [4.78, 5) is 40.7. The minimum absolute atomic E-state index is 0.0521. The van der Waals surface area contributed by atoms with Crippen molar-refractivity contribution in [1.29, 1.82) is 0 Å². The van der Waals surface area contributed by atoms with Gasteiger partial charge in [0.1, 0.15) is 12.2 Å². The molecule has 0 aliphatic carbocycles. The maximum absolute atomic E-state index is 12.9. The molecule has 0 spiro atoms. The third kappa shape index (κ3) is 5.74. The standard InChI is InChI=1S/C23H32N2O5/c1-23(2,3)30-21(27)24-14-8-7-11-18(24)12-13-20(26)25-19(16-29-22(25)28)15-17-9-5-4-6-10-17/h4-6,9-10,18-19H,7-8,11-16H2,1-3H3. The van der Waals surface area contributed by atoms with Gasteiger partial charge in [0.15, 0.2) is 0 Å². The lowest BCUT2D eigenvalue weighted by Gasteiger charge is -2.37. The second-order valence-electron chi connectivity index (χ2n) is 9.05. The number of cyclic esters (lactones) is 1. The predicted octanol–water partition coefficient (Wildman–Crippen LogP) is 4.15. The predicted molar refractivity (Wildman–Crippen MR) is 112 cm³/mol. The zero-order valence-corrected chi connectivity index (χ0v) is 18.1. The number of benzene rings is 1. The summed E-state index contributed by atoms with van der Waals surface area (Å²) in [5.74, 6) is -0.242. The number of carbonyl (C=O) groups excluding carboxylic acids is 3. The summed E-state index contributed by atoms with van der Waals surface area (Å²) in [6, 6.07) is 9.42. The highest BCUT2D eigenvalue weighted by Gasteiger charge is 2.38. The fraction of sp³-hybridized carbons (Fsp3) is 0.609. The van der Waals surface area contributed by atoms with Gasteiger partial charge in [0.25, 0.3) is 0 Å². The Morgan fingerprint density at radius 2 is 1.87 bits per heavy atom. The molecule has 2 aliphatic heterocycles. The van der Waals surface area contributed by atoms with Crippen LogP contribution in [0.2, 0.25) is 0 Å². The molecule has 7 nitrogen and oxygen atoms in total. The van der Waals surface area contributed by atoms with Crippen LogP contribution < -0.4 is 0 Å². The van der Waals surface area contributed by atoms with Crippen molar-refractivity contribution in [2.24, 2.45) is 0 Å². The second kappa shape index (κ2) is 9.49. The molecular weight excluding hydrogens is 384 g/mol. The highest BCUT2D eigenvalue weighted by molar-refractivity contribution is 5.93. The summed E-state index contributed by atoms with van der Waals surface area (Å²) < 4.78 is 10.7. The molecule has 2 aliphatic rings. The first-order valence-electron chi connectivity index (χ1n) is 10.8. The van der Waals surface area contributed by atoms with E-state index in [2.05, 4.69) is 0 Å². The Labute approximate surface area is 178 Å². The number of hydrogen-bond acceptors (Lipinski definition) is 5. The maximum atomic E-state index is 12.9. The summed E-state index contributed by atoms with van der Waals surface area (Å²) in [6.07, 6.45) is 3.17. The van der Waals surface area contributed by atoms with E-state index in [4.69, 9.17) is 9.47 Å². The van der Waals surface area contributed by atoms with Crippen LogP contribution in [-0.4, -0.2) is 58.7 Å². The SMILES string of the molecule is CC(C)(C)OC(=O)N1CCCCC1CCC(=O)N1C(=O)OCC1Cc1ccccc1. The van der Waals surface area contributed by atoms with E-state index in [0.717, 1.165) is 24.8 Å². The molecule has 3 amide bonds. The second-order valence-corrected chi connectivity index (χ2v) is 9.05. The molecule has 2 heterocycles. The van der Waals surface area contributed by atoms with E-state index in [9.17, 15) is 14.4 Å². The number of rotatable bonds is 5. The lowest BCUT2D eigenvalue weighted by Crippen LogP contribution is -2.47. The fourth-order valence-electron chi connectivity index (χ4n) is 4.07. The van der Waals surface area contributed by atoms with Gasteiger partial charge in [0.05, 0.1) is 6.04 Å². The first-order valence-corrected chi connectivity index (χ1v) is 10.8. The summed E-state index contributed by atoms with van der Waals surface area (Å²) in [5, 5.41) is 0. The summed E-state index contributed by atoms with van der Waals surface area (Å²) in [6.45, 7) is 6.39. The minimum Gasteiger partial charge on any atom is -0.447 e. The van der Waals surface area contributed by atoms with E-state index >= 15 is 0 Å². The zero-order valence-electron chi connectivity index (χ0n) is 18.1. The van der Waals surface area contributed by atoms with Gasteiger partial charge in [-0.3, -0.25) is 4.79 Å². The van der Waals surface area contributed by atoms with Crippen LogP contribution in [0, 0.1) is 0 Å². The van der Waals surface area contributed by atoms with Crippen LogP contribution in [0.3, 0.4) is 0 Å². The van der Waals surface area contributed by atoms with Crippen molar-refractivity contribution < 1.29 is 23.9 Å². The van der Waals surface area contributed by atoms with Gasteiger partial charge in [-0.1, -0.05) is 30.3 Å². The van der Waals surface area contributed by atoms with Crippen molar-refractivity contribution in [2.45, 2.75) is 77.0 Å². The van der Waals surface area contributed by atoms with Crippen LogP contribution in [0.15, 0.2) is 30.3 Å². The van der Waals surface area contributed by atoms with Gasteiger partial charge in [0.2, 0.25) is 5.91 Å². The first-order chi connectivity index (χ1) is 14.2. The third-order valence-corrected chi connectivity index (χ3v) is 5.49. The van der Waals surface area contributed by atoms with Crippen LogP contribution in [0.5, 0.6) is 0 Å². The molecule has 2 atom stereocenters. The zero-order chi connectivity index (χ0) is 21.7. The van der Waals surface area contributed by atoms with E-state index < -0.39 is 11.7 Å². The number of amides is 3. The number of carbonyl (C=O) groups is 3. The lowest BCUT2D eigenvalue weighted by atomic mass is 9.97. The minimum atomic E-state index is -0.575. The highest BCUT2D eigenvalue weighted by Crippen LogP contribution is 2.25. The molecule has 2 saturated heterocycles. The smallest absolute Gasteiger partial charge is 0.416 e. The average Bonchev–Trinajstić information content (AvgIpc) is 3.06. The van der Waals surface area contributed by atoms with Crippen molar-refractivity contribution in [1.82, 2.24) is 9.80 Å². The van der Waals surface area contributed by atoms with Crippen LogP contribution in [0.25, 0.3) is 0 Å². The number of nitrogens with zero attached hydrogens (tertiary/aromatic N) is 2. The fourth-order valence-corrected chi connectivity index (χ4v) is 4.07. The molecule has 1 aromatic rings. The van der Waals surface area contributed by atoms with Gasteiger partial charge in [-0.15, -0.1) is 0 Å². The molecular formula is C23H32N2O5. The number of hydrogen-bond donors (Lipinski definition) is 0. The monoisotopic (exact) mass is 416 g/mol. The Morgan fingerprint density at radius 1 is 1.13 bits per heavy atom. The Morgan fingerprint density at radius 3 is 2.57 bits per heavy atom. The Hall–Kier alpha value is -2.57. The molecule has 2 fully saturated rings. The van der Waals surface area contributed by atoms with Crippen molar-refractivity contribution in [3.05, 3.63) is 35.9 Å². The molecule has 0 bridgehead atoms. The van der Waals surface area contributed by atoms with E-state index in [1.165, 1.54) is 4.90 Å². The van der Waals surface area contributed by atoms with Crippen molar-refractivity contribution >= 4 is 18.1 Å². The van der Waals surface area contributed by atoms with E-state index in [1.807, 2.05) is 51.1 Å². The summed E-state index contributed by atoms with van der Waals surface area (Å²) >= 11 is 0. The maximum Gasteiger partial charge on any atom is 0.416 e. The number of likely N-dealkylation sites (tertiary alicyclic amines) is 1. The van der Waals surface area contributed by atoms with Gasteiger partial charge in [-0.25, -0.2) is 14.5 Å². The molecule has 0 N–H and O–H groups in total. The van der Waals surface area contributed by atoms with Crippen LogP contribution >= 0.6 is 0 Å². The number of piperidine rings is 1. The molecule has 0 aromatic heterocycles. The van der Waals surface area contributed by atoms with Gasteiger partial charge >= 0.3 is 12.2 Å². The van der Waals surface area contributed by atoms with Gasteiger partial charge in [-0.05, 0) is 58.4 Å². The van der Waals surface area contributed by atoms with Crippen molar-refractivity contribution in [2.75, 3.05) is 13.2 Å². The van der Waals surface area contributed by atoms with Crippen molar-refractivity contribution in [3.8, 4) is 0 Å². The first kappa shape index (κ1) is 22.1. The topological polar surface area (TPSA) is 76.2 Å². The molecule has 30 heavy (non-hydrogen) atoms. The van der Waals surface area contributed by atoms with Crippen LogP contribution in [0.4, 0.5) is 9.59 Å². The molecule has 2 unspecified atom stereocenters. The van der Waals surface area contributed by atoms with Crippen LogP contribution in [-0.2, 0) is 20.7 Å². The normalized spacial score (nSPS) is 22.0. The lowest BCUT2D eigenvalue weighted by molar-refractivity contribution is -0.129. The Kier molecular flexibility index (Phi) is 7.00. The van der Waals surface area contributed by atoms with Gasteiger partial charge < -0.3 is 14.4 Å². The van der Waals surface area contributed by atoms with Crippen LogP contribution in [0.1, 0.15) is 58.4 Å². The number of ether oxygens (including phenoxy) is 2. The third-order valence-electron chi connectivity index (χ3n) is 5.49. The largest absolute Gasteiger partial charge is 0.447 e. The summed E-state index contributed by atoms with van der Waals surface area (Å²) in [5.41, 5.74) is 0.501. The molecule has 0 radical (unpaired) electrons. The molecule has 7 heteroatoms. The molecule has 0 saturated carbocycles. The van der Waals surface area contributed by atoms with Gasteiger partial charge in [-0.2, -0.15) is 0 Å².